The second-order valence-corrected chi connectivity index (χ2v) is 20.3. The third-order valence-electron chi connectivity index (χ3n) is 15.6. The van der Waals surface area contributed by atoms with Crippen molar-refractivity contribution in [1.29, 1.82) is 0 Å². The van der Waals surface area contributed by atoms with Crippen LogP contribution in [0, 0.1) is 5.92 Å². The van der Waals surface area contributed by atoms with E-state index in [0.717, 1.165) is 12.1 Å². The Balaban J connectivity index is 1.02. The Morgan fingerprint density at radius 3 is 1.84 bits per heavy atom. The quantitative estimate of drug-likeness (QED) is 0.140. The van der Waals surface area contributed by atoms with Gasteiger partial charge in [-0.15, -0.1) is 0 Å². The van der Waals surface area contributed by atoms with Crippen molar-refractivity contribution in [3.05, 3.63) is 246 Å². The van der Waals surface area contributed by atoms with Gasteiger partial charge in [-0.2, -0.15) is 0 Å². The van der Waals surface area contributed by atoms with Crippen LogP contribution in [0.15, 0.2) is 224 Å². The van der Waals surface area contributed by atoms with Crippen LogP contribution in [0.2, 0.25) is 0 Å². The fourth-order valence-corrected chi connectivity index (χ4v) is 12.4. The van der Waals surface area contributed by atoms with Crippen LogP contribution >= 0.6 is 0 Å². The molecule has 3 aliphatic carbocycles. The minimum atomic E-state index is -0.121. The van der Waals surface area contributed by atoms with Gasteiger partial charge in [0.2, 0.25) is 0 Å². The summed E-state index contributed by atoms with van der Waals surface area (Å²) in [6.07, 6.45) is 12.5. The maximum absolute atomic E-state index is 2.60. The lowest BCUT2D eigenvalue weighted by atomic mass is 9.77. The highest BCUT2D eigenvalue weighted by atomic mass is 15.2. The molecule has 0 spiro atoms. The van der Waals surface area contributed by atoms with Gasteiger partial charge in [-0.05, 0) is 150 Å². The van der Waals surface area contributed by atoms with Gasteiger partial charge in [-0.3, -0.25) is 0 Å². The molecule has 0 bridgehead atoms. The van der Waals surface area contributed by atoms with Gasteiger partial charge in [0.1, 0.15) is 0 Å². The number of hydrogen-bond donors (Lipinski definition) is 0. The Kier molecular flexibility index (Phi) is 11.1. The number of rotatable bonds is 9. The minimum Gasteiger partial charge on any atom is -0.314 e. The molecule has 9 aromatic carbocycles. The van der Waals surface area contributed by atoms with E-state index < -0.39 is 0 Å². The maximum Gasteiger partial charge on any atom is 0.0537 e. The monoisotopic (exact) mass is 889 g/mol. The number of hydrogen-bond acceptors (Lipinski definition) is 1. The van der Waals surface area contributed by atoms with E-state index in [2.05, 4.69) is 244 Å². The van der Waals surface area contributed by atoms with E-state index in [0.29, 0.717) is 11.8 Å². The van der Waals surface area contributed by atoms with Gasteiger partial charge < -0.3 is 4.90 Å². The average molecular weight is 890 g/mol. The lowest BCUT2D eigenvalue weighted by Gasteiger charge is -2.34. The molecule has 1 heteroatoms. The van der Waals surface area contributed by atoms with Crippen LogP contribution in [-0.2, 0) is 5.41 Å². The summed E-state index contributed by atoms with van der Waals surface area (Å²) in [4.78, 5) is 2.60. The van der Waals surface area contributed by atoms with Crippen molar-refractivity contribution in [3.8, 4) is 55.6 Å². The molecule has 1 unspecified atom stereocenters. The Hall–Kier alpha value is -7.48. The Bertz CT molecular complexity index is 3410. The normalized spacial score (nSPS) is 16.4. The van der Waals surface area contributed by atoms with Gasteiger partial charge in [0, 0.05) is 22.4 Å². The lowest BCUT2D eigenvalue weighted by Crippen LogP contribution is -2.22. The molecule has 69 heavy (non-hydrogen) atoms. The predicted octanol–water partition coefficient (Wildman–Crippen LogP) is 19.0. The Morgan fingerprint density at radius 2 is 1.07 bits per heavy atom. The molecule has 3 aliphatic rings. The van der Waals surface area contributed by atoms with Crippen molar-refractivity contribution >= 4 is 27.7 Å². The zero-order valence-corrected chi connectivity index (χ0v) is 40.1. The molecule has 0 N–H and O–H groups in total. The molecule has 336 valence electrons. The van der Waals surface area contributed by atoms with E-state index in [1.807, 2.05) is 0 Å². The summed E-state index contributed by atoms with van der Waals surface area (Å²) in [5.41, 5.74) is 23.2. The summed E-state index contributed by atoms with van der Waals surface area (Å²) in [6.45, 7) is 7.22. The first-order valence-corrected chi connectivity index (χ1v) is 25.3. The Labute approximate surface area is 409 Å². The highest BCUT2D eigenvalue weighted by Gasteiger charge is 2.38. The molecular formula is C68H59N. The molecule has 9 aromatic rings. The highest BCUT2D eigenvalue weighted by Crippen LogP contribution is 2.53. The first kappa shape index (κ1) is 42.8. The van der Waals surface area contributed by atoms with Crippen LogP contribution in [-0.4, -0.2) is 0 Å². The van der Waals surface area contributed by atoms with Crippen molar-refractivity contribution in [3.63, 3.8) is 0 Å². The van der Waals surface area contributed by atoms with Gasteiger partial charge in [-0.25, -0.2) is 0 Å². The zero-order valence-electron chi connectivity index (χ0n) is 40.1. The number of para-hydroxylation sites is 1. The molecule has 0 saturated heterocycles. The second-order valence-electron chi connectivity index (χ2n) is 20.3. The molecule has 0 aliphatic heterocycles. The smallest absolute Gasteiger partial charge is 0.0537 e. The van der Waals surface area contributed by atoms with Crippen LogP contribution in [0.5, 0.6) is 0 Å². The van der Waals surface area contributed by atoms with Crippen LogP contribution < -0.4 is 4.90 Å². The molecule has 12 rings (SSSR count). The number of allylic oxidation sites excluding steroid dienone is 4. The van der Waals surface area contributed by atoms with Crippen LogP contribution in [0.3, 0.4) is 0 Å². The van der Waals surface area contributed by atoms with Crippen molar-refractivity contribution in [2.24, 2.45) is 5.92 Å². The molecule has 0 aromatic heterocycles. The van der Waals surface area contributed by atoms with E-state index in [1.165, 1.54) is 138 Å². The van der Waals surface area contributed by atoms with E-state index in [-0.39, 0.29) is 5.41 Å². The summed E-state index contributed by atoms with van der Waals surface area (Å²) in [6, 6.07) is 77.2. The largest absolute Gasteiger partial charge is 0.314 e. The lowest BCUT2D eigenvalue weighted by molar-refractivity contribution is 0.445. The van der Waals surface area contributed by atoms with Crippen molar-refractivity contribution < 1.29 is 0 Å². The minimum absolute atomic E-state index is 0.121. The summed E-state index contributed by atoms with van der Waals surface area (Å²) in [7, 11) is 0. The van der Waals surface area contributed by atoms with Crippen LogP contribution in [0.1, 0.15) is 87.5 Å². The van der Waals surface area contributed by atoms with Crippen LogP contribution in [0.4, 0.5) is 11.4 Å². The van der Waals surface area contributed by atoms with Gasteiger partial charge in [0.25, 0.3) is 0 Å². The van der Waals surface area contributed by atoms with Crippen molar-refractivity contribution in [1.82, 2.24) is 0 Å². The first-order chi connectivity index (χ1) is 33.9. The number of fused-ring (bicyclic) bond motifs is 4. The van der Waals surface area contributed by atoms with E-state index in [9.17, 15) is 0 Å². The fourth-order valence-electron chi connectivity index (χ4n) is 12.4. The molecule has 1 atom stereocenters. The molecule has 1 saturated carbocycles. The maximum atomic E-state index is 2.60. The molecular weight excluding hydrogens is 831 g/mol. The summed E-state index contributed by atoms with van der Waals surface area (Å²) < 4.78 is 0. The SMILES string of the molecule is CC1C=C(c2cccc3c2C(C)(C)c2ccccc2-3)C=C(N(c2ccc(-c3ccc(-c4ccccc4)c(-c4ccccc4)c3)cc2)c2ccccc2-c2cccc3cccc(C4CCCCC4)c23)C1. The van der Waals surface area contributed by atoms with Gasteiger partial charge in [0.05, 0.1) is 5.69 Å². The predicted molar refractivity (Wildman–Crippen MR) is 294 cm³/mol. The average Bonchev–Trinajstić information content (AvgIpc) is 3.65. The van der Waals surface area contributed by atoms with E-state index >= 15 is 0 Å². The molecule has 0 amide bonds. The van der Waals surface area contributed by atoms with E-state index in [4.69, 9.17) is 0 Å². The van der Waals surface area contributed by atoms with Crippen LogP contribution in [0.25, 0.3) is 72.0 Å². The third kappa shape index (κ3) is 7.75. The Morgan fingerprint density at radius 1 is 0.464 bits per heavy atom. The topological polar surface area (TPSA) is 3.24 Å². The van der Waals surface area contributed by atoms with E-state index in [1.54, 1.807) is 0 Å². The molecule has 1 nitrogen and oxygen atoms in total. The second kappa shape index (κ2) is 17.9. The molecule has 0 heterocycles. The van der Waals surface area contributed by atoms with Gasteiger partial charge in [-0.1, -0.05) is 228 Å². The standard InChI is InChI=1S/C68H59N/c1-46-42-53(58-31-19-33-62-59-28-13-15-34-64(59)68(2,3)67(58)62)44-55(43-46)69(65-35-16-14-29-60(65)61-32-18-27-51-26-17-30-57(66(51)61)49-22-9-5-10-23-49)54-39-36-47(37-40-54)52-38-41-56(48-20-7-4-8-21-48)63(45-52)50-24-11-6-12-25-50/h4,6-8,11-21,24-42,44-46,49H,5,9-10,22-23,43H2,1-3H3. The van der Waals surface area contributed by atoms with Crippen molar-refractivity contribution in [2.45, 2.75) is 70.6 Å². The highest BCUT2D eigenvalue weighted by molar-refractivity contribution is 6.03. The molecule has 0 radical (unpaired) electrons. The van der Waals surface area contributed by atoms with Crippen molar-refractivity contribution in [2.75, 3.05) is 4.90 Å². The summed E-state index contributed by atoms with van der Waals surface area (Å²) in [5, 5.41) is 2.74. The zero-order chi connectivity index (χ0) is 46.5. The number of anilines is 2. The molecule has 1 fully saturated rings. The van der Waals surface area contributed by atoms with Gasteiger partial charge in [0.15, 0.2) is 0 Å². The first-order valence-electron chi connectivity index (χ1n) is 25.3. The summed E-state index contributed by atoms with van der Waals surface area (Å²) in [5.74, 6) is 0.910. The number of benzene rings is 9. The van der Waals surface area contributed by atoms with Gasteiger partial charge >= 0.3 is 0 Å². The summed E-state index contributed by atoms with van der Waals surface area (Å²) >= 11 is 0. The number of nitrogens with zero attached hydrogens (tertiary/aromatic N) is 1. The third-order valence-corrected chi connectivity index (χ3v) is 15.6. The fraction of sp³-hybridized carbons (Fsp3) is 0.176.